The molecule has 36 heavy (non-hydrogen) atoms. The Labute approximate surface area is 208 Å². The number of nitrogens with one attached hydrogen (secondary N) is 2. The molecule has 192 valence electrons. The highest BCUT2D eigenvalue weighted by Crippen LogP contribution is 2.39. The molecule has 3 rings (SSSR count). The highest BCUT2D eigenvalue weighted by molar-refractivity contribution is 6.08. The summed E-state index contributed by atoms with van der Waals surface area (Å²) in [5.74, 6) is -1.65. The summed E-state index contributed by atoms with van der Waals surface area (Å²) in [4.78, 5) is 37.4. The number of halogens is 1. The van der Waals surface area contributed by atoms with Gasteiger partial charge in [-0.15, -0.1) is 0 Å². The van der Waals surface area contributed by atoms with Crippen molar-refractivity contribution >= 4 is 23.5 Å². The van der Waals surface area contributed by atoms with Crippen molar-refractivity contribution in [2.24, 2.45) is 0 Å². The second-order valence-corrected chi connectivity index (χ2v) is 9.33. The minimum absolute atomic E-state index is 0.150. The van der Waals surface area contributed by atoms with E-state index in [9.17, 15) is 14.4 Å². The number of alkyl halides is 1. The van der Waals surface area contributed by atoms with E-state index in [-0.39, 0.29) is 40.4 Å². The van der Waals surface area contributed by atoms with Crippen LogP contribution in [0.4, 0.5) is 4.39 Å². The summed E-state index contributed by atoms with van der Waals surface area (Å²) in [7, 11) is 1.46. The molecular weight excluding hydrogens is 469 g/mol. The van der Waals surface area contributed by atoms with Gasteiger partial charge in [-0.25, -0.2) is 9.18 Å². The van der Waals surface area contributed by atoms with Crippen LogP contribution in [0.25, 0.3) is 0 Å². The van der Waals surface area contributed by atoms with E-state index >= 15 is 4.39 Å². The maximum absolute atomic E-state index is 15.5. The summed E-state index contributed by atoms with van der Waals surface area (Å²) < 4.78 is 26.3. The summed E-state index contributed by atoms with van der Waals surface area (Å²) in [5, 5.41) is 19.9. The quantitative estimate of drug-likeness (QED) is 0.354. The molecule has 1 heterocycles. The van der Waals surface area contributed by atoms with Crippen molar-refractivity contribution in [2.45, 2.75) is 39.4 Å². The third kappa shape index (κ3) is 5.32. The lowest BCUT2D eigenvalue weighted by Crippen LogP contribution is -2.32. The molecule has 0 saturated carbocycles. The van der Waals surface area contributed by atoms with Gasteiger partial charge in [0.05, 0.1) is 18.7 Å². The monoisotopic (exact) mass is 499 g/mol. The van der Waals surface area contributed by atoms with Crippen LogP contribution in [-0.4, -0.2) is 60.3 Å². The van der Waals surface area contributed by atoms with Gasteiger partial charge in [-0.3, -0.25) is 15.0 Å². The molecule has 0 radical (unpaired) electrons. The number of nitrogens with zero attached hydrogens (tertiary/aromatic N) is 1. The molecule has 0 bridgehead atoms. The largest absolute Gasteiger partial charge is 0.493 e. The molecule has 1 atom stereocenters. The van der Waals surface area contributed by atoms with Crippen LogP contribution in [0.1, 0.15) is 71.4 Å². The fraction of sp³-hybridized carbons (Fsp3) is 0.385. The molecule has 0 aliphatic carbocycles. The molecule has 1 unspecified atom stereocenters. The van der Waals surface area contributed by atoms with Gasteiger partial charge < -0.3 is 24.8 Å². The third-order valence-corrected chi connectivity index (χ3v) is 5.77. The molecule has 9 nitrogen and oxygen atoms in total. The number of benzene rings is 2. The average Bonchev–Trinajstić information content (AvgIpc) is 3.05. The number of rotatable bonds is 9. The maximum Gasteiger partial charge on any atom is 0.341 e. The zero-order valence-electron chi connectivity index (χ0n) is 20.9. The normalized spacial score (nSPS) is 14.9. The number of carbonyl (C=O) groups is 3. The first-order chi connectivity index (χ1) is 16.9. The Morgan fingerprint density at radius 1 is 1.14 bits per heavy atom. The van der Waals surface area contributed by atoms with Gasteiger partial charge in [-0.1, -0.05) is 20.8 Å². The van der Waals surface area contributed by atoms with E-state index in [4.69, 9.17) is 20.0 Å². The number of amides is 1. The Morgan fingerprint density at radius 2 is 1.83 bits per heavy atom. The molecular formula is C26H30FN3O6. The third-order valence-electron chi connectivity index (χ3n) is 5.77. The minimum Gasteiger partial charge on any atom is -0.493 e. The predicted molar refractivity (Wildman–Crippen MR) is 131 cm³/mol. The molecule has 0 aromatic heterocycles. The number of carbonyl (C=O) groups excluding carboxylic acids is 2. The van der Waals surface area contributed by atoms with Gasteiger partial charge in [-0.05, 0) is 42.7 Å². The Hall–Kier alpha value is -3.95. The number of ketones is 1. The standard InChI is InChI=1S/C26H30FN3O6/c1-6-35-21-11-15-16(10-17(21)25(34)29-5)24(28)30(23(15)27)12-19(31)14-7-8-20(36-13-22(32)33)18(9-14)26(2,3)4/h7-11,23,28H,6,12-13H2,1-5H3,(H,29,34)(H,32,33). The molecule has 2 aromatic rings. The number of carboxylic acids is 1. The Bertz CT molecular complexity index is 1220. The van der Waals surface area contributed by atoms with Crippen LogP contribution >= 0.6 is 0 Å². The maximum atomic E-state index is 15.5. The van der Waals surface area contributed by atoms with E-state index in [0.717, 1.165) is 4.90 Å². The van der Waals surface area contributed by atoms with E-state index < -0.39 is 42.5 Å². The van der Waals surface area contributed by atoms with Crippen molar-refractivity contribution in [3.05, 3.63) is 58.1 Å². The molecule has 0 spiro atoms. The summed E-state index contributed by atoms with van der Waals surface area (Å²) >= 11 is 0. The Kier molecular flexibility index (Phi) is 7.66. The van der Waals surface area contributed by atoms with Crippen LogP contribution < -0.4 is 14.8 Å². The van der Waals surface area contributed by atoms with Crippen molar-refractivity contribution in [3.8, 4) is 11.5 Å². The number of aliphatic carboxylic acids is 1. The molecule has 0 fully saturated rings. The van der Waals surface area contributed by atoms with Gasteiger partial charge in [0.2, 0.25) is 6.30 Å². The highest BCUT2D eigenvalue weighted by Gasteiger charge is 2.37. The average molecular weight is 500 g/mol. The number of amidine groups is 1. The number of ether oxygens (including phenoxy) is 2. The van der Waals surface area contributed by atoms with Gasteiger partial charge in [0.15, 0.2) is 12.4 Å². The van der Waals surface area contributed by atoms with Crippen molar-refractivity contribution in [3.63, 3.8) is 0 Å². The zero-order valence-corrected chi connectivity index (χ0v) is 20.9. The first kappa shape index (κ1) is 26.7. The molecule has 0 saturated heterocycles. The molecule has 3 N–H and O–H groups in total. The SMILES string of the molecule is CCOc1cc2c(cc1C(=O)NC)C(=N)N(CC(=O)c1ccc(OCC(=O)O)c(C(C)(C)C)c1)C2F. The van der Waals surface area contributed by atoms with Crippen LogP contribution in [0, 0.1) is 5.41 Å². The van der Waals surface area contributed by atoms with E-state index in [0.29, 0.717) is 11.3 Å². The lowest BCUT2D eigenvalue weighted by atomic mass is 9.85. The summed E-state index contributed by atoms with van der Waals surface area (Å²) in [5.41, 5.74) is 0.981. The summed E-state index contributed by atoms with van der Waals surface area (Å²) in [6, 6.07) is 7.43. The summed E-state index contributed by atoms with van der Waals surface area (Å²) in [6.07, 6.45) is -1.77. The number of fused-ring (bicyclic) bond motifs is 1. The molecule has 1 aliphatic rings. The second-order valence-electron chi connectivity index (χ2n) is 9.33. The number of hydrogen-bond donors (Lipinski definition) is 3. The topological polar surface area (TPSA) is 129 Å². The molecule has 1 amide bonds. The second kappa shape index (κ2) is 10.3. The van der Waals surface area contributed by atoms with Gasteiger partial charge in [0, 0.05) is 29.3 Å². The van der Waals surface area contributed by atoms with Gasteiger partial charge >= 0.3 is 5.97 Å². The van der Waals surface area contributed by atoms with E-state index in [1.54, 1.807) is 13.0 Å². The van der Waals surface area contributed by atoms with Gasteiger partial charge in [-0.2, -0.15) is 0 Å². The Morgan fingerprint density at radius 3 is 2.42 bits per heavy atom. The van der Waals surface area contributed by atoms with E-state index in [1.165, 1.54) is 31.3 Å². The zero-order chi connectivity index (χ0) is 26.8. The lowest BCUT2D eigenvalue weighted by molar-refractivity contribution is -0.139. The van der Waals surface area contributed by atoms with Crippen molar-refractivity contribution in [2.75, 3.05) is 26.8 Å². The number of Topliss-reactive ketones (excluding diaryl/α,β-unsaturated/α-hetero) is 1. The highest BCUT2D eigenvalue weighted by atomic mass is 19.1. The van der Waals surface area contributed by atoms with Crippen molar-refractivity contribution in [1.82, 2.24) is 10.2 Å². The van der Waals surface area contributed by atoms with Crippen LogP contribution in [0.15, 0.2) is 30.3 Å². The molecule has 2 aromatic carbocycles. The number of hydrogen-bond acceptors (Lipinski definition) is 6. The molecule has 10 heteroatoms. The molecule has 1 aliphatic heterocycles. The Balaban J connectivity index is 1.90. The smallest absolute Gasteiger partial charge is 0.341 e. The predicted octanol–water partition coefficient (Wildman–Crippen LogP) is 3.70. The van der Waals surface area contributed by atoms with Crippen LogP contribution in [0.3, 0.4) is 0 Å². The lowest BCUT2D eigenvalue weighted by Gasteiger charge is -2.24. The van der Waals surface area contributed by atoms with Crippen molar-refractivity contribution < 1.29 is 33.4 Å². The first-order valence-corrected chi connectivity index (χ1v) is 11.4. The van der Waals surface area contributed by atoms with Crippen LogP contribution in [-0.2, 0) is 10.2 Å². The fourth-order valence-electron chi connectivity index (χ4n) is 3.98. The van der Waals surface area contributed by atoms with Crippen molar-refractivity contribution in [1.29, 1.82) is 5.41 Å². The van der Waals surface area contributed by atoms with Crippen LogP contribution in [0.2, 0.25) is 0 Å². The van der Waals surface area contributed by atoms with Crippen LogP contribution in [0.5, 0.6) is 11.5 Å². The van der Waals surface area contributed by atoms with Gasteiger partial charge in [0.25, 0.3) is 5.91 Å². The minimum atomic E-state index is -1.77. The number of carboxylic acid groups (broad SMARTS) is 1. The van der Waals surface area contributed by atoms with E-state index in [1.807, 2.05) is 20.8 Å². The fourth-order valence-corrected chi connectivity index (χ4v) is 3.98. The van der Waals surface area contributed by atoms with Gasteiger partial charge in [0.1, 0.15) is 17.3 Å². The van der Waals surface area contributed by atoms with E-state index in [2.05, 4.69) is 5.32 Å². The first-order valence-electron chi connectivity index (χ1n) is 11.4. The summed E-state index contributed by atoms with van der Waals surface area (Å²) in [6.45, 7) is 6.77.